The summed E-state index contributed by atoms with van der Waals surface area (Å²) in [5, 5.41) is 9.11. The Hall–Kier alpha value is -2.56. The van der Waals surface area contributed by atoms with Gasteiger partial charge < -0.3 is 14.6 Å². The molecular formula is C15H15NO4. The molecule has 0 saturated carbocycles. The van der Waals surface area contributed by atoms with Crippen molar-refractivity contribution in [3.05, 3.63) is 47.8 Å². The summed E-state index contributed by atoms with van der Waals surface area (Å²) in [6.45, 7) is 2.04. The second-order valence-electron chi connectivity index (χ2n) is 4.12. The topological polar surface area (TPSA) is 68.7 Å². The smallest absolute Gasteiger partial charge is 0.339 e. The number of ether oxygens (including phenoxy) is 2. The molecule has 20 heavy (non-hydrogen) atoms. The number of nitrogens with zero attached hydrogens (tertiary/aromatic N) is 1. The van der Waals surface area contributed by atoms with Crippen molar-refractivity contribution in [3.63, 3.8) is 0 Å². The number of carboxylic acids is 1. The quantitative estimate of drug-likeness (QED) is 0.906. The van der Waals surface area contributed by atoms with Crippen LogP contribution in [0.1, 0.15) is 22.8 Å². The van der Waals surface area contributed by atoms with Crippen molar-refractivity contribution in [2.24, 2.45) is 0 Å². The van der Waals surface area contributed by atoms with E-state index in [0.717, 1.165) is 12.0 Å². The van der Waals surface area contributed by atoms with Gasteiger partial charge in [-0.3, -0.25) is 4.98 Å². The van der Waals surface area contributed by atoms with E-state index >= 15 is 0 Å². The molecule has 5 heteroatoms. The van der Waals surface area contributed by atoms with E-state index in [1.807, 2.05) is 19.1 Å². The Morgan fingerprint density at radius 1 is 1.25 bits per heavy atom. The fourth-order valence-electron chi connectivity index (χ4n) is 1.77. The average Bonchev–Trinajstić information content (AvgIpc) is 2.48. The zero-order valence-corrected chi connectivity index (χ0v) is 11.3. The molecule has 2 rings (SSSR count). The molecule has 0 bridgehead atoms. The molecule has 2 aromatic rings. The third-order valence-corrected chi connectivity index (χ3v) is 2.87. The number of aromatic carboxylic acids is 1. The SMILES string of the molecule is CCc1ccc(Oc2cnccc2C(=O)O)c(OC)c1. The first-order valence-corrected chi connectivity index (χ1v) is 6.17. The number of carboxylic acid groups (broad SMARTS) is 1. The summed E-state index contributed by atoms with van der Waals surface area (Å²) in [5.74, 6) is 0.138. The Balaban J connectivity index is 2.37. The fraction of sp³-hybridized carbons (Fsp3) is 0.200. The Morgan fingerprint density at radius 3 is 2.70 bits per heavy atom. The minimum absolute atomic E-state index is 0.0571. The van der Waals surface area contributed by atoms with Crippen LogP contribution in [0.2, 0.25) is 0 Å². The third kappa shape index (κ3) is 2.88. The molecule has 1 aromatic heterocycles. The van der Waals surface area contributed by atoms with E-state index in [4.69, 9.17) is 14.6 Å². The summed E-state index contributed by atoms with van der Waals surface area (Å²) in [4.78, 5) is 15.0. The van der Waals surface area contributed by atoms with E-state index in [-0.39, 0.29) is 11.3 Å². The van der Waals surface area contributed by atoms with E-state index in [9.17, 15) is 4.79 Å². The van der Waals surface area contributed by atoms with Gasteiger partial charge in [-0.25, -0.2) is 4.79 Å². The summed E-state index contributed by atoms with van der Waals surface area (Å²) >= 11 is 0. The number of aromatic nitrogens is 1. The van der Waals surface area contributed by atoms with Crippen molar-refractivity contribution < 1.29 is 19.4 Å². The number of carbonyl (C=O) groups is 1. The van der Waals surface area contributed by atoms with Crippen molar-refractivity contribution in [2.45, 2.75) is 13.3 Å². The van der Waals surface area contributed by atoms with E-state index in [2.05, 4.69) is 4.98 Å². The highest BCUT2D eigenvalue weighted by atomic mass is 16.5. The molecule has 1 heterocycles. The first kappa shape index (κ1) is 13.9. The molecule has 0 amide bonds. The molecule has 0 aliphatic carbocycles. The van der Waals surface area contributed by atoms with Crippen molar-refractivity contribution in [1.29, 1.82) is 0 Å². The number of hydrogen-bond acceptors (Lipinski definition) is 4. The van der Waals surface area contributed by atoms with Crippen LogP contribution in [0.3, 0.4) is 0 Å². The van der Waals surface area contributed by atoms with Gasteiger partial charge in [0.15, 0.2) is 17.2 Å². The third-order valence-electron chi connectivity index (χ3n) is 2.87. The number of methoxy groups -OCH3 is 1. The van der Waals surface area contributed by atoms with E-state index in [1.165, 1.54) is 18.5 Å². The van der Waals surface area contributed by atoms with Crippen molar-refractivity contribution >= 4 is 5.97 Å². The number of rotatable bonds is 5. The molecule has 1 aromatic carbocycles. The average molecular weight is 273 g/mol. The first-order valence-electron chi connectivity index (χ1n) is 6.17. The van der Waals surface area contributed by atoms with Crippen molar-refractivity contribution in [2.75, 3.05) is 7.11 Å². The van der Waals surface area contributed by atoms with Gasteiger partial charge in [0.2, 0.25) is 0 Å². The molecule has 0 atom stereocenters. The van der Waals surface area contributed by atoms with Crippen LogP contribution in [-0.2, 0) is 6.42 Å². The lowest BCUT2D eigenvalue weighted by Crippen LogP contribution is -2.01. The predicted molar refractivity (Wildman–Crippen MR) is 73.6 cm³/mol. The predicted octanol–water partition coefficient (Wildman–Crippen LogP) is 3.14. The van der Waals surface area contributed by atoms with Gasteiger partial charge in [-0.15, -0.1) is 0 Å². The normalized spacial score (nSPS) is 10.1. The van der Waals surface area contributed by atoms with Gasteiger partial charge in [-0.2, -0.15) is 0 Å². The zero-order chi connectivity index (χ0) is 14.5. The lowest BCUT2D eigenvalue weighted by molar-refractivity contribution is 0.0694. The Kier molecular flexibility index (Phi) is 4.20. The first-order chi connectivity index (χ1) is 9.65. The lowest BCUT2D eigenvalue weighted by Gasteiger charge is -2.12. The van der Waals surface area contributed by atoms with Crippen LogP contribution in [0.25, 0.3) is 0 Å². The summed E-state index contributed by atoms with van der Waals surface area (Å²) in [6.07, 6.45) is 3.66. The summed E-state index contributed by atoms with van der Waals surface area (Å²) in [5.41, 5.74) is 1.17. The Morgan fingerprint density at radius 2 is 2.05 bits per heavy atom. The zero-order valence-electron chi connectivity index (χ0n) is 11.3. The second-order valence-corrected chi connectivity index (χ2v) is 4.12. The molecular weight excluding hydrogens is 258 g/mol. The minimum atomic E-state index is -1.06. The van der Waals surface area contributed by atoms with Crippen molar-refractivity contribution in [3.8, 4) is 17.2 Å². The van der Waals surface area contributed by atoms with Gasteiger partial charge in [-0.1, -0.05) is 13.0 Å². The van der Waals surface area contributed by atoms with E-state index in [1.54, 1.807) is 13.2 Å². The summed E-state index contributed by atoms with van der Waals surface area (Å²) in [7, 11) is 1.54. The fourth-order valence-corrected chi connectivity index (χ4v) is 1.77. The highest BCUT2D eigenvalue weighted by Crippen LogP contribution is 2.33. The Labute approximate surface area is 116 Å². The van der Waals surface area contributed by atoms with Crippen LogP contribution >= 0.6 is 0 Å². The summed E-state index contributed by atoms with van der Waals surface area (Å²) in [6, 6.07) is 6.93. The molecule has 104 valence electrons. The molecule has 0 radical (unpaired) electrons. The van der Waals surface area contributed by atoms with Crippen LogP contribution in [0, 0.1) is 0 Å². The lowest BCUT2D eigenvalue weighted by atomic mass is 10.1. The molecule has 1 N–H and O–H groups in total. The van der Waals surface area contributed by atoms with Crippen LogP contribution in [0.5, 0.6) is 17.2 Å². The largest absolute Gasteiger partial charge is 0.493 e. The van der Waals surface area contributed by atoms with Crippen LogP contribution in [-0.4, -0.2) is 23.2 Å². The highest BCUT2D eigenvalue weighted by Gasteiger charge is 2.14. The molecule has 0 aliphatic heterocycles. The second kappa shape index (κ2) is 6.06. The van der Waals surface area contributed by atoms with Crippen molar-refractivity contribution in [1.82, 2.24) is 4.98 Å². The standard InChI is InChI=1S/C15H15NO4/c1-3-10-4-5-12(13(8-10)19-2)20-14-9-16-7-6-11(14)15(17)18/h4-9H,3H2,1-2H3,(H,17,18). The van der Waals surface area contributed by atoms with E-state index in [0.29, 0.717) is 11.5 Å². The van der Waals surface area contributed by atoms with Gasteiger partial charge in [0.25, 0.3) is 0 Å². The van der Waals surface area contributed by atoms with Gasteiger partial charge in [0.1, 0.15) is 5.56 Å². The monoisotopic (exact) mass is 273 g/mol. The Bertz CT molecular complexity index is 625. The molecule has 0 aliphatic rings. The molecule has 0 unspecified atom stereocenters. The number of benzene rings is 1. The van der Waals surface area contributed by atoms with Gasteiger partial charge >= 0.3 is 5.97 Å². The van der Waals surface area contributed by atoms with Gasteiger partial charge in [0.05, 0.1) is 13.3 Å². The minimum Gasteiger partial charge on any atom is -0.493 e. The molecule has 0 spiro atoms. The van der Waals surface area contributed by atoms with Gasteiger partial charge in [-0.05, 0) is 30.2 Å². The number of hydrogen-bond donors (Lipinski definition) is 1. The van der Waals surface area contributed by atoms with Gasteiger partial charge in [0, 0.05) is 6.20 Å². The van der Waals surface area contributed by atoms with Crippen LogP contribution in [0.15, 0.2) is 36.7 Å². The highest BCUT2D eigenvalue weighted by molar-refractivity contribution is 5.90. The van der Waals surface area contributed by atoms with E-state index < -0.39 is 5.97 Å². The number of aryl methyl sites for hydroxylation is 1. The molecule has 5 nitrogen and oxygen atoms in total. The maximum atomic E-state index is 11.1. The van der Waals surface area contributed by atoms with Crippen LogP contribution < -0.4 is 9.47 Å². The maximum absolute atomic E-state index is 11.1. The molecule has 0 saturated heterocycles. The maximum Gasteiger partial charge on any atom is 0.339 e. The van der Waals surface area contributed by atoms with Crippen LogP contribution in [0.4, 0.5) is 0 Å². The number of pyridine rings is 1. The summed E-state index contributed by atoms with van der Waals surface area (Å²) < 4.78 is 10.9. The molecule has 0 fully saturated rings.